The zero-order valence-corrected chi connectivity index (χ0v) is 14.8. The minimum atomic E-state index is -0.902. The number of esters is 2. The van der Waals surface area contributed by atoms with Gasteiger partial charge in [-0.3, -0.25) is 4.79 Å². The van der Waals surface area contributed by atoms with Gasteiger partial charge in [-0.2, -0.15) is 0 Å². The van der Waals surface area contributed by atoms with Gasteiger partial charge in [0.1, 0.15) is 11.9 Å². The van der Waals surface area contributed by atoms with Crippen molar-refractivity contribution < 1.29 is 33.7 Å². The summed E-state index contributed by atoms with van der Waals surface area (Å²) in [6.07, 6.45) is 1.09. The van der Waals surface area contributed by atoms with Crippen molar-refractivity contribution in [1.29, 1.82) is 0 Å². The van der Waals surface area contributed by atoms with Crippen LogP contribution in [0.4, 0.5) is 0 Å². The van der Waals surface area contributed by atoms with Crippen LogP contribution in [0.3, 0.4) is 0 Å². The second-order valence-corrected chi connectivity index (χ2v) is 7.62. The smallest absolute Gasteiger partial charge is 0.338 e. The number of ketones is 1. The molecule has 0 radical (unpaired) electrons. The number of aliphatic hydroxyl groups is 1. The number of fused-ring (bicyclic) bond motifs is 2. The van der Waals surface area contributed by atoms with E-state index in [4.69, 9.17) is 14.2 Å². The average Bonchev–Trinajstić information content (AvgIpc) is 3.15. The molecular weight excluding hydrogens is 340 g/mol. The molecule has 0 bridgehead atoms. The number of ether oxygens (including phenoxy) is 3. The quantitative estimate of drug-likeness (QED) is 0.343. The van der Waals surface area contributed by atoms with Crippen molar-refractivity contribution in [3.63, 3.8) is 0 Å². The number of cyclic esters (lactones) is 1. The fourth-order valence-corrected chi connectivity index (χ4v) is 4.28. The third-order valence-corrected chi connectivity index (χ3v) is 5.73. The number of hydrogen-bond donors (Lipinski definition) is 1. The maximum atomic E-state index is 12.3. The van der Waals surface area contributed by atoms with Crippen LogP contribution >= 0.6 is 0 Å². The molecule has 1 saturated heterocycles. The molecule has 7 nitrogen and oxygen atoms in total. The topological polar surface area (TPSA) is 99.1 Å². The van der Waals surface area contributed by atoms with Crippen molar-refractivity contribution in [3.8, 4) is 0 Å². The van der Waals surface area contributed by atoms with Gasteiger partial charge in [0.25, 0.3) is 6.29 Å². The molecule has 4 unspecified atom stereocenters. The van der Waals surface area contributed by atoms with E-state index in [1.165, 1.54) is 12.3 Å². The van der Waals surface area contributed by atoms with Crippen LogP contribution in [0.15, 0.2) is 34.6 Å². The molecule has 0 saturated carbocycles. The first-order valence-electron chi connectivity index (χ1n) is 8.62. The molecule has 7 heteroatoms. The van der Waals surface area contributed by atoms with Gasteiger partial charge in [-0.25, -0.2) is 9.59 Å². The zero-order valence-electron chi connectivity index (χ0n) is 14.8. The molecule has 1 fully saturated rings. The second-order valence-electron chi connectivity index (χ2n) is 7.62. The zero-order chi connectivity index (χ0) is 18.8. The summed E-state index contributed by atoms with van der Waals surface area (Å²) in [6, 6.07) is 0. The van der Waals surface area contributed by atoms with E-state index in [0.717, 1.165) is 5.57 Å². The highest BCUT2D eigenvalue weighted by molar-refractivity contribution is 5.95. The molecule has 26 heavy (non-hydrogen) atoms. The lowest BCUT2D eigenvalue weighted by Crippen LogP contribution is -2.35. The molecule has 4 atom stereocenters. The highest BCUT2D eigenvalue weighted by Gasteiger charge is 2.58. The standard InChI is InChI=1S/C19H20O7/c1-8-6-12(25-17(8)22)24-7-10-13-15(21)9-4-5-11(20)19(2,3)14(9)16(13)26-18(10)23/h6-7,12-13,15-16,21H,4-5H2,1-3H3. The highest BCUT2D eigenvalue weighted by atomic mass is 16.7. The van der Waals surface area contributed by atoms with Crippen molar-refractivity contribution in [1.82, 2.24) is 0 Å². The number of rotatable bonds is 2. The molecule has 4 aliphatic rings. The van der Waals surface area contributed by atoms with Crippen molar-refractivity contribution >= 4 is 17.7 Å². The lowest BCUT2D eigenvalue weighted by atomic mass is 9.71. The SMILES string of the molecule is CC1=CC(OC=C2C(=O)OC3C4=C(CCC(=O)C4(C)C)C(O)C23)OC1=O. The predicted molar refractivity (Wildman–Crippen MR) is 87.2 cm³/mol. The second kappa shape index (κ2) is 5.54. The molecule has 0 spiro atoms. The number of carbonyl (C=O) groups is 3. The molecule has 2 aliphatic carbocycles. The van der Waals surface area contributed by atoms with Gasteiger partial charge in [0.05, 0.1) is 23.9 Å². The van der Waals surface area contributed by atoms with Crippen LogP contribution in [-0.4, -0.2) is 41.3 Å². The Labute approximate surface area is 150 Å². The van der Waals surface area contributed by atoms with E-state index in [0.29, 0.717) is 24.0 Å². The molecule has 0 aromatic rings. The van der Waals surface area contributed by atoms with Gasteiger partial charge in [-0.1, -0.05) is 0 Å². The minimum Gasteiger partial charge on any atom is -0.458 e. The predicted octanol–water partition coefficient (Wildman–Crippen LogP) is 1.32. The monoisotopic (exact) mass is 360 g/mol. The summed E-state index contributed by atoms with van der Waals surface area (Å²) in [5, 5.41) is 10.8. The third-order valence-electron chi connectivity index (χ3n) is 5.73. The van der Waals surface area contributed by atoms with E-state index in [2.05, 4.69) is 0 Å². The van der Waals surface area contributed by atoms with Crippen LogP contribution in [0, 0.1) is 11.3 Å². The molecule has 0 amide bonds. The molecule has 4 rings (SSSR count). The summed E-state index contributed by atoms with van der Waals surface area (Å²) in [6.45, 7) is 5.21. The fraction of sp³-hybridized carbons (Fsp3) is 0.526. The average molecular weight is 360 g/mol. The fourth-order valence-electron chi connectivity index (χ4n) is 4.28. The maximum Gasteiger partial charge on any atom is 0.338 e. The van der Waals surface area contributed by atoms with E-state index in [1.807, 2.05) is 0 Å². The molecule has 2 heterocycles. The maximum absolute atomic E-state index is 12.3. The summed E-state index contributed by atoms with van der Waals surface area (Å²) < 4.78 is 15.9. The molecule has 0 aromatic carbocycles. The Bertz CT molecular complexity index is 814. The highest BCUT2D eigenvalue weighted by Crippen LogP contribution is 2.53. The van der Waals surface area contributed by atoms with Crippen LogP contribution in [0.1, 0.15) is 33.6 Å². The van der Waals surface area contributed by atoms with Gasteiger partial charge >= 0.3 is 11.9 Å². The number of aliphatic hydroxyl groups excluding tert-OH is 1. The van der Waals surface area contributed by atoms with Gasteiger partial charge in [0.2, 0.25) is 0 Å². The van der Waals surface area contributed by atoms with Crippen LogP contribution < -0.4 is 0 Å². The number of Topliss-reactive ketones (excluding diaryl/α,β-unsaturated/α-hetero) is 1. The van der Waals surface area contributed by atoms with Gasteiger partial charge in [-0.15, -0.1) is 0 Å². The van der Waals surface area contributed by atoms with Crippen molar-refractivity contribution in [2.24, 2.45) is 11.3 Å². The Hall–Kier alpha value is -2.41. The third kappa shape index (κ3) is 2.26. The number of hydrogen-bond acceptors (Lipinski definition) is 7. The Morgan fingerprint density at radius 3 is 2.58 bits per heavy atom. The first kappa shape index (κ1) is 17.0. The largest absolute Gasteiger partial charge is 0.458 e. The van der Waals surface area contributed by atoms with Crippen LogP contribution in [0.25, 0.3) is 0 Å². The molecular formula is C19H20O7. The van der Waals surface area contributed by atoms with Crippen LogP contribution in [0.2, 0.25) is 0 Å². The van der Waals surface area contributed by atoms with Gasteiger partial charge in [-0.05, 0) is 38.3 Å². The minimum absolute atomic E-state index is 0.0762. The van der Waals surface area contributed by atoms with E-state index in [-0.39, 0.29) is 11.4 Å². The molecule has 0 aromatic heterocycles. The van der Waals surface area contributed by atoms with Crippen molar-refractivity contribution in [2.45, 2.75) is 52.1 Å². The molecule has 1 N–H and O–H groups in total. The lowest BCUT2D eigenvalue weighted by molar-refractivity contribution is -0.152. The van der Waals surface area contributed by atoms with Gasteiger partial charge in [0.15, 0.2) is 0 Å². The van der Waals surface area contributed by atoms with Crippen LogP contribution in [-0.2, 0) is 28.6 Å². The van der Waals surface area contributed by atoms with Crippen LogP contribution in [0.5, 0.6) is 0 Å². The van der Waals surface area contributed by atoms with E-state index in [1.54, 1.807) is 20.8 Å². The Morgan fingerprint density at radius 2 is 1.92 bits per heavy atom. The van der Waals surface area contributed by atoms with E-state index >= 15 is 0 Å². The van der Waals surface area contributed by atoms with Gasteiger partial charge in [0, 0.05) is 23.5 Å². The Morgan fingerprint density at radius 1 is 1.19 bits per heavy atom. The Balaban J connectivity index is 1.62. The summed E-state index contributed by atoms with van der Waals surface area (Å²) in [7, 11) is 0. The molecule has 138 valence electrons. The summed E-state index contributed by atoms with van der Waals surface area (Å²) in [5.74, 6) is -1.60. The summed E-state index contributed by atoms with van der Waals surface area (Å²) in [4.78, 5) is 36.0. The Kier molecular flexibility index (Phi) is 3.63. The summed E-state index contributed by atoms with van der Waals surface area (Å²) in [5.41, 5.74) is 1.34. The first-order valence-corrected chi connectivity index (χ1v) is 8.62. The van der Waals surface area contributed by atoms with Crippen molar-refractivity contribution in [3.05, 3.63) is 34.6 Å². The normalized spacial score (nSPS) is 36.7. The molecule has 2 aliphatic heterocycles. The van der Waals surface area contributed by atoms with E-state index < -0.39 is 41.8 Å². The van der Waals surface area contributed by atoms with Gasteiger partial charge < -0.3 is 19.3 Å². The summed E-state index contributed by atoms with van der Waals surface area (Å²) >= 11 is 0. The lowest BCUT2D eigenvalue weighted by Gasteiger charge is -2.33. The van der Waals surface area contributed by atoms with E-state index in [9.17, 15) is 19.5 Å². The number of carbonyl (C=O) groups excluding carboxylic acids is 3. The first-order chi connectivity index (χ1) is 12.2. The van der Waals surface area contributed by atoms with Crippen molar-refractivity contribution in [2.75, 3.05) is 0 Å².